The molecule has 0 radical (unpaired) electrons. The van der Waals surface area contributed by atoms with Gasteiger partial charge in [0, 0.05) is 23.3 Å². The van der Waals surface area contributed by atoms with Crippen LogP contribution in [0.4, 0.5) is 0 Å². The number of benzene rings is 1. The number of hydrogen-bond acceptors (Lipinski definition) is 2. The van der Waals surface area contributed by atoms with Crippen LogP contribution in [0.5, 0.6) is 0 Å². The molecule has 1 aromatic heterocycles. The lowest BCUT2D eigenvalue weighted by Crippen LogP contribution is -2.41. The number of rotatable bonds is 3. The van der Waals surface area contributed by atoms with E-state index in [0.717, 1.165) is 13.0 Å². The molecule has 0 saturated carbocycles. The van der Waals surface area contributed by atoms with E-state index in [2.05, 4.69) is 41.5 Å². The predicted molar refractivity (Wildman–Crippen MR) is 75.7 cm³/mol. The standard InChI is InChI=1S/C16H20N2/c1-2-16(8-5-9-18-16)10-14-12-17-11-13-6-3-4-7-15(13)14/h3-4,6-7,11-12,18H,2,5,8-10H2,1H3. The Hall–Kier alpha value is -1.41. The summed E-state index contributed by atoms with van der Waals surface area (Å²) >= 11 is 0. The Morgan fingerprint density at radius 3 is 2.94 bits per heavy atom. The number of pyridine rings is 1. The third-order valence-electron chi connectivity index (χ3n) is 4.29. The van der Waals surface area contributed by atoms with Crippen molar-refractivity contribution in [2.45, 2.75) is 38.1 Å². The molecule has 0 spiro atoms. The molecule has 1 atom stereocenters. The van der Waals surface area contributed by atoms with Gasteiger partial charge in [0.2, 0.25) is 0 Å². The quantitative estimate of drug-likeness (QED) is 0.890. The summed E-state index contributed by atoms with van der Waals surface area (Å²) < 4.78 is 0. The molecule has 0 aliphatic carbocycles. The van der Waals surface area contributed by atoms with Crippen molar-refractivity contribution in [3.05, 3.63) is 42.2 Å². The van der Waals surface area contributed by atoms with Crippen LogP contribution < -0.4 is 5.32 Å². The van der Waals surface area contributed by atoms with Gasteiger partial charge in [-0.15, -0.1) is 0 Å². The second kappa shape index (κ2) is 4.69. The van der Waals surface area contributed by atoms with Crippen LogP contribution in [-0.2, 0) is 6.42 Å². The van der Waals surface area contributed by atoms with Crippen molar-refractivity contribution < 1.29 is 0 Å². The topological polar surface area (TPSA) is 24.9 Å². The predicted octanol–water partition coefficient (Wildman–Crippen LogP) is 3.31. The first-order chi connectivity index (χ1) is 8.83. The highest BCUT2D eigenvalue weighted by atomic mass is 15.0. The number of fused-ring (bicyclic) bond motifs is 1. The molecular formula is C16H20N2. The molecule has 2 heterocycles. The molecule has 0 amide bonds. The fourth-order valence-corrected chi connectivity index (χ4v) is 3.13. The van der Waals surface area contributed by atoms with Gasteiger partial charge in [0.15, 0.2) is 0 Å². The van der Waals surface area contributed by atoms with Gasteiger partial charge in [-0.3, -0.25) is 4.98 Å². The second-order valence-electron chi connectivity index (χ2n) is 5.36. The second-order valence-corrected chi connectivity index (χ2v) is 5.36. The lowest BCUT2D eigenvalue weighted by atomic mass is 9.86. The molecule has 1 fully saturated rings. The highest BCUT2D eigenvalue weighted by Gasteiger charge is 2.31. The lowest BCUT2D eigenvalue weighted by molar-refractivity contribution is 0.360. The van der Waals surface area contributed by atoms with Crippen molar-refractivity contribution in [2.24, 2.45) is 0 Å². The summed E-state index contributed by atoms with van der Waals surface area (Å²) in [6.45, 7) is 3.45. The van der Waals surface area contributed by atoms with Crippen molar-refractivity contribution in [2.75, 3.05) is 6.54 Å². The van der Waals surface area contributed by atoms with Crippen LogP contribution in [0.2, 0.25) is 0 Å². The minimum Gasteiger partial charge on any atom is -0.311 e. The molecule has 18 heavy (non-hydrogen) atoms. The normalized spacial score (nSPS) is 23.6. The first-order valence-electron chi connectivity index (χ1n) is 6.90. The van der Waals surface area contributed by atoms with Gasteiger partial charge in [0.25, 0.3) is 0 Å². The first kappa shape index (κ1) is 11.7. The molecule has 2 heteroatoms. The van der Waals surface area contributed by atoms with E-state index < -0.39 is 0 Å². The fourth-order valence-electron chi connectivity index (χ4n) is 3.13. The number of hydrogen-bond donors (Lipinski definition) is 1. The zero-order chi connectivity index (χ0) is 12.4. The Morgan fingerprint density at radius 2 is 2.17 bits per heavy atom. The van der Waals surface area contributed by atoms with Gasteiger partial charge in [0.05, 0.1) is 0 Å². The summed E-state index contributed by atoms with van der Waals surface area (Å²) in [6.07, 6.45) is 8.87. The van der Waals surface area contributed by atoms with E-state index in [0.29, 0.717) is 5.54 Å². The molecular weight excluding hydrogens is 220 g/mol. The van der Waals surface area contributed by atoms with Crippen LogP contribution in [0, 0.1) is 0 Å². The Kier molecular flexibility index (Phi) is 3.04. The summed E-state index contributed by atoms with van der Waals surface area (Å²) in [7, 11) is 0. The molecule has 0 bridgehead atoms. The highest BCUT2D eigenvalue weighted by Crippen LogP contribution is 2.29. The van der Waals surface area contributed by atoms with Crippen molar-refractivity contribution in [3.8, 4) is 0 Å². The van der Waals surface area contributed by atoms with Crippen molar-refractivity contribution in [1.82, 2.24) is 10.3 Å². The van der Waals surface area contributed by atoms with Crippen molar-refractivity contribution in [1.29, 1.82) is 0 Å². The average Bonchev–Trinajstić information content (AvgIpc) is 2.88. The Balaban J connectivity index is 1.99. The molecule has 2 aromatic rings. The minimum atomic E-state index is 0.297. The van der Waals surface area contributed by atoms with Crippen molar-refractivity contribution in [3.63, 3.8) is 0 Å². The van der Waals surface area contributed by atoms with Crippen LogP contribution in [-0.4, -0.2) is 17.1 Å². The fraction of sp³-hybridized carbons (Fsp3) is 0.438. The molecule has 1 N–H and O–H groups in total. The Labute approximate surface area is 108 Å². The van der Waals surface area contributed by atoms with Crippen LogP contribution in [0.3, 0.4) is 0 Å². The highest BCUT2D eigenvalue weighted by molar-refractivity contribution is 5.84. The van der Waals surface area contributed by atoms with Gasteiger partial charge < -0.3 is 5.32 Å². The van der Waals surface area contributed by atoms with Crippen LogP contribution in [0.25, 0.3) is 10.8 Å². The molecule has 2 nitrogen and oxygen atoms in total. The van der Waals surface area contributed by atoms with Crippen LogP contribution in [0.1, 0.15) is 31.7 Å². The molecule has 1 aliphatic heterocycles. The summed E-state index contributed by atoms with van der Waals surface area (Å²) in [5, 5.41) is 6.31. The summed E-state index contributed by atoms with van der Waals surface area (Å²) in [5.41, 5.74) is 1.68. The number of nitrogens with zero attached hydrogens (tertiary/aromatic N) is 1. The largest absolute Gasteiger partial charge is 0.311 e. The monoisotopic (exact) mass is 240 g/mol. The zero-order valence-electron chi connectivity index (χ0n) is 10.9. The van der Waals surface area contributed by atoms with Crippen molar-refractivity contribution >= 4 is 10.8 Å². The number of nitrogens with one attached hydrogen (secondary N) is 1. The van der Waals surface area contributed by atoms with E-state index in [1.54, 1.807) is 0 Å². The molecule has 1 aromatic carbocycles. The van der Waals surface area contributed by atoms with Crippen LogP contribution >= 0.6 is 0 Å². The Bertz CT molecular complexity index is 536. The summed E-state index contributed by atoms with van der Waals surface area (Å²) in [5.74, 6) is 0. The number of aromatic nitrogens is 1. The van der Waals surface area contributed by atoms with Gasteiger partial charge in [-0.1, -0.05) is 31.2 Å². The third kappa shape index (κ3) is 2.01. The SMILES string of the molecule is CCC1(Cc2cncc3ccccc23)CCCN1. The molecule has 94 valence electrons. The maximum atomic E-state index is 4.39. The zero-order valence-corrected chi connectivity index (χ0v) is 10.9. The van der Waals surface area contributed by atoms with Gasteiger partial charge >= 0.3 is 0 Å². The molecule has 1 aliphatic rings. The molecule has 3 rings (SSSR count). The minimum absolute atomic E-state index is 0.297. The van der Waals surface area contributed by atoms with E-state index in [9.17, 15) is 0 Å². The first-order valence-corrected chi connectivity index (χ1v) is 6.90. The maximum Gasteiger partial charge on any atom is 0.0346 e. The van der Waals surface area contributed by atoms with Gasteiger partial charge in [-0.25, -0.2) is 0 Å². The van der Waals surface area contributed by atoms with Gasteiger partial charge in [-0.05, 0) is 43.2 Å². The smallest absolute Gasteiger partial charge is 0.0346 e. The Morgan fingerprint density at radius 1 is 1.28 bits per heavy atom. The summed E-state index contributed by atoms with van der Waals surface area (Å²) in [4.78, 5) is 4.39. The van der Waals surface area contributed by atoms with E-state index in [1.165, 1.54) is 35.6 Å². The van der Waals surface area contributed by atoms with E-state index >= 15 is 0 Å². The van der Waals surface area contributed by atoms with Gasteiger partial charge in [0.1, 0.15) is 0 Å². The molecule has 1 saturated heterocycles. The van der Waals surface area contributed by atoms with Crippen LogP contribution in [0.15, 0.2) is 36.7 Å². The van der Waals surface area contributed by atoms with E-state index in [-0.39, 0.29) is 0 Å². The summed E-state index contributed by atoms with van der Waals surface area (Å²) in [6, 6.07) is 8.56. The van der Waals surface area contributed by atoms with E-state index in [1.807, 2.05) is 12.4 Å². The average molecular weight is 240 g/mol. The van der Waals surface area contributed by atoms with E-state index in [4.69, 9.17) is 0 Å². The maximum absolute atomic E-state index is 4.39. The van der Waals surface area contributed by atoms with Gasteiger partial charge in [-0.2, -0.15) is 0 Å². The molecule has 1 unspecified atom stereocenters. The lowest BCUT2D eigenvalue weighted by Gasteiger charge is -2.28. The third-order valence-corrected chi connectivity index (χ3v) is 4.29.